The van der Waals surface area contributed by atoms with Crippen LogP contribution in [0.3, 0.4) is 0 Å². The molecule has 0 saturated carbocycles. The van der Waals surface area contributed by atoms with Crippen molar-refractivity contribution in [2.24, 2.45) is 0 Å². The smallest absolute Gasteiger partial charge is 0.249 e. The Bertz CT molecular complexity index is 1020. The van der Waals surface area contributed by atoms with E-state index in [1.165, 1.54) is 5.56 Å². The second-order valence-corrected chi connectivity index (χ2v) is 7.62. The van der Waals surface area contributed by atoms with E-state index < -0.39 is 0 Å². The number of hydrogen-bond acceptors (Lipinski definition) is 5. The number of carbonyl (C=O) groups excluding carboxylic acids is 1. The third kappa shape index (κ3) is 4.12. The number of ether oxygens (including phenoxy) is 1. The van der Waals surface area contributed by atoms with Crippen molar-refractivity contribution >= 4 is 17.5 Å². The van der Waals surface area contributed by atoms with E-state index in [0.717, 1.165) is 24.0 Å². The van der Waals surface area contributed by atoms with E-state index in [1.54, 1.807) is 19.2 Å². The van der Waals surface area contributed by atoms with Crippen molar-refractivity contribution in [3.63, 3.8) is 0 Å². The lowest BCUT2D eigenvalue weighted by molar-refractivity contribution is -0.131. The van der Waals surface area contributed by atoms with Crippen LogP contribution in [0.1, 0.15) is 35.9 Å². The van der Waals surface area contributed by atoms with Crippen molar-refractivity contribution < 1.29 is 14.1 Å². The van der Waals surface area contributed by atoms with Crippen LogP contribution < -0.4 is 4.74 Å². The topological polar surface area (TPSA) is 68.5 Å². The lowest BCUT2D eigenvalue weighted by atomic mass is 10.1. The number of carbonyl (C=O) groups is 1. The molecular weight excluding hydrogens is 390 g/mol. The molecule has 2 aromatic carbocycles. The Morgan fingerprint density at radius 2 is 2.07 bits per heavy atom. The average molecular weight is 412 g/mol. The Balaban J connectivity index is 1.49. The summed E-state index contributed by atoms with van der Waals surface area (Å²) in [6.07, 6.45) is 1.98. The quantitative estimate of drug-likeness (QED) is 0.613. The molecule has 150 valence electrons. The van der Waals surface area contributed by atoms with Crippen LogP contribution in [0.25, 0.3) is 11.4 Å². The largest absolute Gasteiger partial charge is 0.495 e. The van der Waals surface area contributed by atoms with E-state index >= 15 is 0 Å². The van der Waals surface area contributed by atoms with Crippen LogP contribution in [-0.2, 0) is 11.2 Å². The van der Waals surface area contributed by atoms with Gasteiger partial charge in [-0.1, -0.05) is 52.7 Å². The minimum Gasteiger partial charge on any atom is -0.495 e. The monoisotopic (exact) mass is 411 g/mol. The van der Waals surface area contributed by atoms with Gasteiger partial charge < -0.3 is 14.2 Å². The fourth-order valence-electron chi connectivity index (χ4n) is 3.61. The molecule has 1 aromatic heterocycles. The zero-order valence-electron chi connectivity index (χ0n) is 16.4. The highest BCUT2D eigenvalue weighted by molar-refractivity contribution is 6.32. The summed E-state index contributed by atoms with van der Waals surface area (Å²) in [6.45, 7) is 2.71. The molecule has 1 fully saturated rings. The van der Waals surface area contributed by atoms with E-state index in [0.29, 0.717) is 29.0 Å². The van der Waals surface area contributed by atoms with Crippen molar-refractivity contribution in [2.45, 2.75) is 32.2 Å². The number of aromatic nitrogens is 2. The minimum atomic E-state index is -0.192. The van der Waals surface area contributed by atoms with Crippen LogP contribution >= 0.6 is 11.6 Å². The fraction of sp³-hybridized carbons (Fsp3) is 0.318. The fourth-order valence-corrected chi connectivity index (χ4v) is 3.89. The number of rotatable bonds is 5. The maximum atomic E-state index is 12.9. The Labute approximate surface area is 174 Å². The summed E-state index contributed by atoms with van der Waals surface area (Å²) in [7, 11) is 1.57. The number of aryl methyl sites for hydroxylation is 1. The average Bonchev–Trinajstić information content (AvgIpc) is 3.38. The highest BCUT2D eigenvalue weighted by atomic mass is 35.5. The van der Waals surface area contributed by atoms with Gasteiger partial charge in [0.1, 0.15) is 11.8 Å². The van der Waals surface area contributed by atoms with Crippen molar-refractivity contribution in [3.8, 4) is 17.1 Å². The summed E-state index contributed by atoms with van der Waals surface area (Å²) in [6, 6.07) is 13.2. The van der Waals surface area contributed by atoms with E-state index in [2.05, 4.69) is 10.1 Å². The Hall–Kier alpha value is -2.86. The van der Waals surface area contributed by atoms with Gasteiger partial charge in [0.05, 0.1) is 18.6 Å². The molecule has 0 unspecified atom stereocenters. The summed E-state index contributed by atoms with van der Waals surface area (Å²) >= 11 is 6.18. The van der Waals surface area contributed by atoms with Gasteiger partial charge in [-0.2, -0.15) is 4.98 Å². The Kier molecular flexibility index (Phi) is 5.53. The summed E-state index contributed by atoms with van der Waals surface area (Å²) in [4.78, 5) is 19.3. The van der Waals surface area contributed by atoms with Crippen molar-refractivity contribution in [1.82, 2.24) is 15.0 Å². The van der Waals surface area contributed by atoms with Gasteiger partial charge >= 0.3 is 0 Å². The first-order valence-corrected chi connectivity index (χ1v) is 9.95. The first-order chi connectivity index (χ1) is 14.0. The number of nitrogens with zero attached hydrogens (tertiary/aromatic N) is 3. The first kappa shape index (κ1) is 19.5. The zero-order chi connectivity index (χ0) is 20.4. The molecular formula is C22H22ClN3O3. The number of likely N-dealkylation sites (tertiary alicyclic amines) is 1. The number of halogens is 1. The van der Waals surface area contributed by atoms with E-state index in [9.17, 15) is 4.79 Å². The molecule has 1 aliphatic heterocycles. The molecule has 3 aromatic rings. The van der Waals surface area contributed by atoms with E-state index in [1.807, 2.05) is 42.2 Å². The van der Waals surface area contributed by atoms with E-state index in [-0.39, 0.29) is 18.4 Å². The van der Waals surface area contributed by atoms with Crippen LogP contribution in [0.15, 0.2) is 47.0 Å². The van der Waals surface area contributed by atoms with Gasteiger partial charge in [0.15, 0.2) is 0 Å². The summed E-state index contributed by atoms with van der Waals surface area (Å²) < 4.78 is 10.7. The van der Waals surface area contributed by atoms with Gasteiger partial charge in [0.2, 0.25) is 17.6 Å². The van der Waals surface area contributed by atoms with Gasteiger partial charge in [-0.25, -0.2) is 0 Å². The second-order valence-electron chi connectivity index (χ2n) is 7.21. The minimum absolute atomic E-state index is 0.0174. The van der Waals surface area contributed by atoms with Crippen molar-refractivity contribution in [3.05, 3.63) is 64.5 Å². The van der Waals surface area contributed by atoms with Crippen molar-refractivity contribution in [1.29, 1.82) is 0 Å². The first-order valence-electron chi connectivity index (χ1n) is 9.57. The van der Waals surface area contributed by atoms with Gasteiger partial charge in [-0.3, -0.25) is 4.79 Å². The molecule has 1 atom stereocenters. The van der Waals surface area contributed by atoms with Gasteiger partial charge in [-0.15, -0.1) is 0 Å². The molecule has 0 aliphatic carbocycles. The maximum absolute atomic E-state index is 12.9. The lowest BCUT2D eigenvalue weighted by Crippen LogP contribution is -2.32. The Morgan fingerprint density at radius 1 is 1.28 bits per heavy atom. The predicted octanol–water partition coefficient (Wildman–Crippen LogP) is 4.61. The molecule has 1 aliphatic rings. The van der Waals surface area contributed by atoms with E-state index in [4.69, 9.17) is 20.9 Å². The third-order valence-corrected chi connectivity index (χ3v) is 5.48. The second kappa shape index (κ2) is 8.25. The molecule has 1 saturated heterocycles. The van der Waals surface area contributed by atoms with Crippen LogP contribution in [0.4, 0.5) is 0 Å². The van der Waals surface area contributed by atoms with Crippen LogP contribution in [0, 0.1) is 6.92 Å². The molecule has 0 radical (unpaired) electrons. The summed E-state index contributed by atoms with van der Waals surface area (Å²) in [5, 5.41) is 4.61. The summed E-state index contributed by atoms with van der Waals surface area (Å²) in [5.74, 6) is 1.64. The molecule has 0 bridgehead atoms. The Morgan fingerprint density at radius 3 is 2.79 bits per heavy atom. The van der Waals surface area contributed by atoms with Crippen molar-refractivity contribution in [2.75, 3.05) is 13.7 Å². The standard InChI is InChI=1S/C22H22ClN3O3/c1-14-5-8-16(9-6-14)21-24-22(29-25-21)18-4-3-11-26(18)20(27)13-15-7-10-19(28-2)17(23)12-15/h5-10,12,18H,3-4,11,13H2,1-2H3/t18-/m1/s1. The van der Waals surface area contributed by atoms with Gasteiger partial charge in [0.25, 0.3) is 0 Å². The number of hydrogen-bond donors (Lipinski definition) is 0. The maximum Gasteiger partial charge on any atom is 0.249 e. The molecule has 7 heteroatoms. The molecule has 2 heterocycles. The molecule has 4 rings (SSSR count). The molecule has 0 spiro atoms. The van der Waals surface area contributed by atoms with Crippen LogP contribution in [0.2, 0.25) is 5.02 Å². The number of methoxy groups -OCH3 is 1. The third-order valence-electron chi connectivity index (χ3n) is 5.18. The number of amides is 1. The number of benzene rings is 2. The van der Waals surface area contributed by atoms with Gasteiger partial charge in [0, 0.05) is 12.1 Å². The zero-order valence-corrected chi connectivity index (χ0v) is 17.1. The SMILES string of the molecule is COc1ccc(CC(=O)N2CCC[C@@H]2c2nc(-c3ccc(C)cc3)no2)cc1Cl. The highest BCUT2D eigenvalue weighted by Gasteiger charge is 2.34. The highest BCUT2D eigenvalue weighted by Crippen LogP contribution is 2.33. The summed E-state index contributed by atoms with van der Waals surface area (Å²) in [5.41, 5.74) is 2.91. The molecule has 0 N–H and O–H groups in total. The normalized spacial score (nSPS) is 16.2. The lowest BCUT2D eigenvalue weighted by Gasteiger charge is -2.22. The van der Waals surface area contributed by atoms with Crippen LogP contribution in [0.5, 0.6) is 5.75 Å². The molecule has 29 heavy (non-hydrogen) atoms. The van der Waals surface area contributed by atoms with Crippen LogP contribution in [-0.4, -0.2) is 34.6 Å². The molecule has 6 nitrogen and oxygen atoms in total. The molecule has 1 amide bonds. The predicted molar refractivity (Wildman–Crippen MR) is 110 cm³/mol. The van der Waals surface area contributed by atoms with Gasteiger partial charge in [-0.05, 0) is 37.5 Å².